The van der Waals surface area contributed by atoms with Crippen molar-refractivity contribution in [2.24, 2.45) is 0 Å². The first-order valence-electron chi connectivity index (χ1n) is 7.30. The first kappa shape index (κ1) is 14.7. The second-order valence-electron chi connectivity index (χ2n) is 5.32. The smallest absolute Gasteiger partial charge is 0.222 e. The van der Waals surface area contributed by atoms with Crippen molar-refractivity contribution in [2.75, 3.05) is 0 Å². The number of H-pyrrole nitrogens is 1. The summed E-state index contributed by atoms with van der Waals surface area (Å²) < 4.78 is 15.7. The number of imidazole rings is 1. The maximum absolute atomic E-state index is 13.9. The van der Waals surface area contributed by atoms with Gasteiger partial charge in [-0.3, -0.25) is 0 Å². The van der Waals surface area contributed by atoms with Crippen molar-refractivity contribution in [3.8, 4) is 11.4 Å². The van der Waals surface area contributed by atoms with Crippen LogP contribution in [0.15, 0.2) is 55.0 Å². The predicted octanol–water partition coefficient (Wildman–Crippen LogP) is 3.15. The number of halogens is 2. The Morgan fingerprint density at radius 3 is 2.79 bits per heavy atom. The van der Waals surface area contributed by atoms with E-state index < -0.39 is 0 Å². The van der Waals surface area contributed by atoms with Crippen LogP contribution in [0, 0.1) is 5.82 Å². The second-order valence-corrected chi connectivity index (χ2v) is 5.71. The lowest BCUT2D eigenvalue weighted by atomic mass is 10.2. The Morgan fingerprint density at radius 1 is 1.12 bits per heavy atom. The van der Waals surface area contributed by atoms with Crippen molar-refractivity contribution in [1.82, 2.24) is 20.1 Å². The number of hydrogen-bond donors (Lipinski definition) is 1. The lowest BCUT2D eigenvalue weighted by Crippen LogP contribution is -2.37. The molecular formula is C17H12ClFN5+. The highest BCUT2D eigenvalue weighted by molar-refractivity contribution is 6.29. The molecule has 0 spiro atoms. The summed E-state index contributed by atoms with van der Waals surface area (Å²) in [6.45, 7) is 0.550. The molecule has 7 heteroatoms. The van der Waals surface area contributed by atoms with E-state index in [1.165, 1.54) is 6.07 Å². The van der Waals surface area contributed by atoms with Crippen molar-refractivity contribution < 1.29 is 9.07 Å². The topological polar surface area (TPSA) is 58.3 Å². The summed E-state index contributed by atoms with van der Waals surface area (Å²) in [5.41, 5.74) is 2.87. The first-order valence-corrected chi connectivity index (χ1v) is 7.68. The molecule has 0 aliphatic heterocycles. The highest BCUT2D eigenvalue weighted by Gasteiger charge is 2.13. The molecule has 5 nitrogen and oxygen atoms in total. The van der Waals surface area contributed by atoms with Gasteiger partial charge in [-0.2, -0.15) is 0 Å². The number of hydrogen-bond acceptors (Lipinski definition) is 3. The predicted molar refractivity (Wildman–Crippen MR) is 87.8 cm³/mol. The molecule has 0 fully saturated rings. The van der Waals surface area contributed by atoms with Gasteiger partial charge >= 0.3 is 0 Å². The zero-order valence-corrected chi connectivity index (χ0v) is 13.2. The van der Waals surface area contributed by atoms with E-state index in [4.69, 9.17) is 11.6 Å². The minimum absolute atomic E-state index is 0.315. The van der Waals surface area contributed by atoms with Crippen LogP contribution in [0.5, 0.6) is 0 Å². The maximum atomic E-state index is 13.9. The monoisotopic (exact) mass is 340 g/mol. The number of rotatable bonds is 3. The molecule has 3 heterocycles. The van der Waals surface area contributed by atoms with Gasteiger partial charge in [0.2, 0.25) is 12.7 Å². The Morgan fingerprint density at radius 2 is 2.00 bits per heavy atom. The molecule has 0 saturated carbocycles. The molecule has 4 aromatic rings. The lowest BCUT2D eigenvalue weighted by Gasteiger charge is -1.96. The van der Waals surface area contributed by atoms with Gasteiger partial charge in [0.25, 0.3) is 0 Å². The Labute approximate surface area is 141 Å². The summed E-state index contributed by atoms with van der Waals surface area (Å²) in [7, 11) is 0. The minimum atomic E-state index is -0.315. The van der Waals surface area contributed by atoms with Crippen molar-refractivity contribution >= 4 is 22.6 Å². The molecule has 0 radical (unpaired) electrons. The number of fused-ring (bicyclic) bond motifs is 1. The number of pyridine rings is 1. The van der Waals surface area contributed by atoms with E-state index in [1.807, 2.05) is 12.3 Å². The van der Waals surface area contributed by atoms with E-state index in [0.29, 0.717) is 28.6 Å². The van der Waals surface area contributed by atoms with Crippen LogP contribution in [0.25, 0.3) is 22.4 Å². The number of aromatic nitrogens is 5. The van der Waals surface area contributed by atoms with Gasteiger partial charge in [0, 0.05) is 11.8 Å². The van der Waals surface area contributed by atoms with Gasteiger partial charge in [0.1, 0.15) is 34.0 Å². The second kappa shape index (κ2) is 5.98. The molecule has 0 unspecified atom stereocenters. The maximum Gasteiger partial charge on any atom is 0.222 e. The van der Waals surface area contributed by atoms with Crippen LogP contribution < -0.4 is 4.68 Å². The van der Waals surface area contributed by atoms with Gasteiger partial charge in [-0.25, -0.2) is 14.4 Å². The average molecular weight is 341 g/mol. The molecule has 3 aromatic heterocycles. The summed E-state index contributed by atoms with van der Waals surface area (Å²) in [4.78, 5) is 11.6. The average Bonchev–Trinajstić information content (AvgIpc) is 3.00. The van der Waals surface area contributed by atoms with Crippen molar-refractivity contribution in [3.05, 3.63) is 71.5 Å². The molecule has 0 saturated heterocycles. The van der Waals surface area contributed by atoms with E-state index in [9.17, 15) is 4.39 Å². The van der Waals surface area contributed by atoms with Gasteiger partial charge in [-0.15, -0.1) is 0 Å². The molecule has 4 rings (SSSR count). The van der Waals surface area contributed by atoms with Gasteiger partial charge in [0.15, 0.2) is 0 Å². The van der Waals surface area contributed by atoms with Gasteiger partial charge in [-0.1, -0.05) is 28.4 Å². The highest BCUT2D eigenvalue weighted by atomic mass is 35.5. The van der Waals surface area contributed by atoms with Crippen LogP contribution in [0.1, 0.15) is 5.56 Å². The van der Waals surface area contributed by atoms with E-state index in [-0.39, 0.29) is 5.82 Å². The number of benzene rings is 1. The number of aromatic amines is 1. The number of nitrogens with one attached hydrogen (secondary N) is 1. The SMILES string of the molecule is Fc1ccccc1-c1nc2cn[n+](Cc3ccc(Cl)nc3)cc2[nH]1. The van der Waals surface area contributed by atoms with Gasteiger partial charge in [0.05, 0.1) is 5.56 Å². The van der Waals surface area contributed by atoms with Crippen molar-refractivity contribution in [1.29, 1.82) is 0 Å². The Balaban J connectivity index is 1.68. The standard InChI is InChI=1S/C17H11ClFN5/c18-16-6-5-11(7-20-16)9-24-10-15-14(8-21-24)22-17(23-15)12-3-1-2-4-13(12)19/h1-8,10H,9H2/p+1. The Kier molecular flexibility index (Phi) is 3.66. The Hall–Kier alpha value is -2.86. The fraction of sp³-hybridized carbons (Fsp3) is 0.0588. The third kappa shape index (κ3) is 2.83. The molecule has 24 heavy (non-hydrogen) atoms. The van der Waals surface area contributed by atoms with Gasteiger partial charge in [-0.05, 0) is 29.4 Å². The molecule has 0 aliphatic rings. The van der Waals surface area contributed by atoms with E-state index in [0.717, 1.165) is 11.1 Å². The molecule has 0 amide bonds. The fourth-order valence-electron chi connectivity index (χ4n) is 2.46. The highest BCUT2D eigenvalue weighted by Crippen LogP contribution is 2.21. The summed E-state index contributed by atoms with van der Waals surface area (Å²) >= 11 is 5.79. The van der Waals surface area contributed by atoms with Gasteiger partial charge < -0.3 is 4.98 Å². The van der Waals surface area contributed by atoms with E-state index in [1.54, 1.807) is 41.3 Å². The van der Waals surface area contributed by atoms with Crippen LogP contribution in [0.4, 0.5) is 4.39 Å². The molecule has 118 valence electrons. The summed E-state index contributed by atoms with van der Waals surface area (Å²) in [5, 5.41) is 4.79. The Bertz CT molecular complexity index is 1010. The van der Waals surface area contributed by atoms with Crippen molar-refractivity contribution in [3.63, 3.8) is 0 Å². The summed E-state index contributed by atoms with van der Waals surface area (Å²) in [5.74, 6) is 0.167. The zero-order valence-electron chi connectivity index (χ0n) is 12.4. The molecule has 1 aromatic carbocycles. The third-order valence-electron chi connectivity index (χ3n) is 3.63. The van der Waals surface area contributed by atoms with Crippen LogP contribution in [-0.2, 0) is 6.54 Å². The molecule has 1 N–H and O–H groups in total. The van der Waals surface area contributed by atoms with Crippen LogP contribution in [-0.4, -0.2) is 20.1 Å². The molecular weight excluding hydrogens is 329 g/mol. The lowest BCUT2D eigenvalue weighted by molar-refractivity contribution is -0.745. The summed E-state index contributed by atoms with van der Waals surface area (Å²) in [6.07, 6.45) is 5.19. The minimum Gasteiger partial charge on any atom is -0.333 e. The van der Waals surface area contributed by atoms with Crippen LogP contribution in [0.3, 0.4) is 0 Å². The summed E-state index contributed by atoms with van der Waals surface area (Å²) in [6, 6.07) is 10.2. The van der Waals surface area contributed by atoms with Crippen LogP contribution >= 0.6 is 11.6 Å². The normalized spacial score (nSPS) is 11.1. The van der Waals surface area contributed by atoms with Crippen molar-refractivity contribution in [2.45, 2.75) is 6.54 Å². The molecule has 0 aliphatic carbocycles. The van der Waals surface area contributed by atoms with E-state index >= 15 is 0 Å². The first-order chi connectivity index (χ1) is 11.7. The largest absolute Gasteiger partial charge is 0.333 e. The zero-order chi connectivity index (χ0) is 16.5. The number of nitrogens with zero attached hydrogens (tertiary/aromatic N) is 4. The van der Waals surface area contributed by atoms with Crippen LogP contribution in [0.2, 0.25) is 5.15 Å². The fourth-order valence-corrected chi connectivity index (χ4v) is 2.57. The third-order valence-corrected chi connectivity index (χ3v) is 3.85. The molecule has 0 atom stereocenters. The quantitative estimate of drug-likeness (QED) is 0.460. The van der Waals surface area contributed by atoms with E-state index in [2.05, 4.69) is 20.1 Å². The molecule has 0 bridgehead atoms.